The molecule has 0 radical (unpaired) electrons. The summed E-state index contributed by atoms with van der Waals surface area (Å²) < 4.78 is 40.7. The van der Waals surface area contributed by atoms with E-state index in [0.29, 0.717) is 18.8 Å². The molecular formula is C35H38F2O2. The zero-order valence-corrected chi connectivity index (χ0v) is 23.0. The van der Waals surface area contributed by atoms with Gasteiger partial charge in [0.1, 0.15) is 5.75 Å². The molecule has 0 amide bonds. The monoisotopic (exact) mass is 528 g/mol. The van der Waals surface area contributed by atoms with Gasteiger partial charge in [0.25, 0.3) is 0 Å². The van der Waals surface area contributed by atoms with Crippen LogP contribution >= 0.6 is 0 Å². The maximum absolute atomic E-state index is 14.9. The highest BCUT2D eigenvalue weighted by atomic mass is 19.2. The number of benzene rings is 4. The molecule has 0 aliphatic heterocycles. The molecule has 0 aliphatic rings. The minimum absolute atomic E-state index is 0.0218. The summed E-state index contributed by atoms with van der Waals surface area (Å²) in [7, 11) is 0. The van der Waals surface area contributed by atoms with E-state index in [1.165, 1.54) is 31.7 Å². The van der Waals surface area contributed by atoms with Crippen molar-refractivity contribution in [1.29, 1.82) is 0 Å². The predicted octanol–water partition coefficient (Wildman–Crippen LogP) is 10.5. The quantitative estimate of drug-likeness (QED) is 0.152. The number of hydrogen-bond acceptors (Lipinski definition) is 2. The van der Waals surface area contributed by atoms with Crippen LogP contribution in [-0.2, 0) is 0 Å². The van der Waals surface area contributed by atoms with E-state index in [1.54, 1.807) is 6.07 Å². The van der Waals surface area contributed by atoms with Gasteiger partial charge in [-0.2, -0.15) is 4.39 Å². The number of halogens is 2. The summed E-state index contributed by atoms with van der Waals surface area (Å²) in [5.41, 5.74) is 5.15. The van der Waals surface area contributed by atoms with Crippen molar-refractivity contribution in [3.8, 4) is 44.9 Å². The smallest absolute Gasteiger partial charge is 0.201 e. The molecule has 4 heteroatoms. The molecular weight excluding hydrogens is 490 g/mol. The predicted molar refractivity (Wildman–Crippen MR) is 157 cm³/mol. The van der Waals surface area contributed by atoms with Crippen molar-refractivity contribution in [3.63, 3.8) is 0 Å². The molecule has 0 saturated carbocycles. The standard InChI is InChI=1S/C35H38F2O2/c1-3-5-6-7-8-9-10-25-39-33-24-23-32(34(36)35(33)37)30-17-15-28(16-18-30)26-11-13-27(14-12-26)29-19-21-31(22-20-29)38-4-2/h11-24H,3-10,25H2,1-2H3. The van der Waals surface area contributed by atoms with Gasteiger partial charge in [-0.05, 0) is 65.4 Å². The number of ether oxygens (including phenoxy) is 2. The van der Waals surface area contributed by atoms with Crippen LogP contribution in [0.3, 0.4) is 0 Å². The molecule has 0 spiro atoms. The van der Waals surface area contributed by atoms with Crippen LogP contribution in [0.5, 0.6) is 11.5 Å². The number of unbranched alkanes of at least 4 members (excludes halogenated alkanes) is 6. The van der Waals surface area contributed by atoms with Gasteiger partial charge in [0.05, 0.1) is 13.2 Å². The Bertz CT molecular complexity index is 1300. The van der Waals surface area contributed by atoms with Crippen LogP contribution in [0.25, 0.3) is 33.4 Å². The maximum Gasteiger partial charge on any atom is 0.201 e. The van der Waals surface area contributed by atoms with E-state index in [9.17, 15) is 8.78 Å². The average Bonchev–Trinajstić information content (AvgIpc) is 2.97. The summed E-state index contributed by atoms with van der Waals surface area (Å²) in [6.07, 6.45) is 8.03. The molecule has 0 unspecified atom stereocenters. The zero-order chi connectivity index (χ0) is 27.5. The fourth-order valence-corrected chi connectivity index (χ4v) is 4.72. The molecule has 0 fully saturated rings. The molecule has 0 heterocycles. The molecule has 4 aromatic carbocycles. The SMILES string of the molecule is CCCCCCCCCOc1ccc(-c2ccc(-c3ccc(-c4ccc(OCC)cc4)cc3)cc2)c(F)c1F. The third-order valence-corrected chi connectivity index (χ3v) is 6.97. The van der Waals surface area contributed by atoms with Crippen LogP contribution in [0, 0.1) is 11.6 Å². The van der Waals surface area contributed by atoms with Gasteiger partial charge < -0.3 is 9.47 Å². The normalized spacial score (nSPS) is 11.0. The average molecular weight is 529 g/mol. The first-order valence-corrected chi connectivity index (χ1v) is 14.2. The van der Waals surface area contributed by atoms with Crippen molar-refractivity contribution < 1.29 is 18.3 Å². The molecule has 0 N–H and O–H groups in total. The van der Waals surface area contributed by atoms with E-state index < -0.39 is 11.6 Å². The summed E-state index contributed by atoms with van der Waals surface area (Å²) >= 11 is 0. The maximum atomic E-state index is 14.9. The molecule has 0 aliphatic carbocycles. The summed E-state index contributed by atoms with van der Waals surface area (Å²) in [5.74, 6) is -0.963. The fourth-order valence-electron chi connectivity index (χ4n) is 4.72. The van der Waals surface area contributed by atoms with Gasteiger partial charge in [0, 0.05) is 5.56 Å². The third kappa shape index (κ3) is 7.69. The van der Waals surface area contributed by atoms with Gasteiger partial charge in [0.2, 0.25) is 5.82 Å². The lowest BCUT2D eigenvalue weighted by molar-refractivity contribution is 0.285. The van der Waals surface area contributed by atoms with Crippen LogP contribution in [0.4, 0.5) is 8.78 Å². The first-order chi connectivity index (χ1) is 19.1. The topological polar surface area (TPSA) is 18.5 Å². The molecule has 0 saturated heterocycles. The molecule has 0 atom stereocenters. The Hall–Kier alpha value is -3.66. The van der Waals surface area contributed by atoms with Crippen LogP contribution in [0.2, 0.25) is 0 Å². The number of hydrogen-bond donors (Lipinski definition) is 0. The molecule has 4 rings (SSSR count). The van der Waals surface area contributed by atoms with Crippen molar-refractivity contribution in [2.45, 2.75) is 58.8 Å². The molecule has 39 heavy (non-hydrogen) atoms. The van der Waals surface area contributed by atoms with Gasteiger partial charge in [-0.3, -0.25) is 0 Å². The van der Waals surface area contributed by atoms with Gasteiger partial charge in [-0.25, -0.2) is 4.39 Å². The van der Waals surface area contributed by atoms with Crippen LogP contribution in [-0.4, -0.2) is 13.2 Å². The highest BCUT2D eigenvalue weighted by molar-refractivity contribution is 5.74. The summed E-state index contributed by atoms with van der Waals surface area (Å²) in [4.78, 5) is 0. The first kappa shape index (κ1) is 28.4. The van der Waals surface area contributed by atoms with Crippen molar-refractivity contribution in [2.75, 3.05) is 13.2 Å². The van der Waals surface area contributed by atoms with Crippen molar-refractivity contribution >= 4 is 0 Å². The van der Waals surface area contributed by atoms with Gasteiger partial charge in [-0.1, -0.05) is 106 Å². The Morgan fingerprint density at radius 1 is 0.487 bits per heavy atom. The van der Waals surface area contributed by atoms with Crippen LogP contribution < -0.4 is 9.47 Å². The van der Waals surface area contributed by atoms with Crippen molar-refractivity contribution in [2.24, 2.45) is 0 Å². The second-order valence-corrected chi connectivity index (χ2v) is 9.82. The summed E-state index contributed by atoms with van der Waals surface area (Å²) in [6, 6.07) is 27.0. The number of rotatable bonds is 14. The zero-order valence-electron chi connectivity index (χ0n) is 23.0. The van der Waals surface area contributed by atoms with Crippen molar-refractivity contribution in [3.05, 3.63) is 96.6 Å². The highest BCUT2D eigenvalue weighted by Gasteiger charge is 2.16. The van der Waals surface area contributed by atoms with E-state index in [1.807, 2.05) is 55.5 Å². The molecule has 0 aromatic heterocycles. The highest BCUT2D eigenvalue weighted by Crippen LogP contribution is 2.32. The summed E-state index contributed by atoms with van der Waals surface area (Å²) in [5, 5.41) is 0. The minimum Gasteiger partial charge on any atom is -0.494 e. The third-order valence-electron chi connectivity index (χ3n) is 6.97. The molecule has 0 bridgehead atoms. The summed E-state index contributed by atoms with van der Waals surface area (Å²) in [6.45, 7) is 5.22. The lowest BCUT2D eigenvalue weighted by Gasteiger charge is -2.11. The van der Waals surface area contributed by atoms with Crippen LogP contribution in [0.15, 0.2) is 84.9 Å². The Balaban J connectivity index is 1.36. The Morgan fingerprint density at radius 3 is 1.51 bits per heavy atom. The largest absolute Gasteiger partial charge is 0.494 e. The van der Waals surface area contributed by atoms with Gasteiger partial charge in [0.15, 0.2) is 11.6 Å². The molecule has 4 aromatic rings. The van der Waals surface area contributed by atoms with E-state index in [0.717, 1.165) is 47.3 Å². The lowest BCUT2D eigenvalue weighted by atomic mass is 9.98. The Kier molecular flexibility index (Phi) is 10.5. The Morgan fingerprint density at radius 2 is 0.974 bits per heavy atom. The van der Waals surface area contributed by atoms with Crippen LogP contribution in [0.1, 0.15) is 58.8 Å². The van der Waals surface area contributed by atoms with Gasteiger partial charge in [-0.15, -0.1) is 0 Å². The van der Waals surface area contributed by atoms with Gasteiger partial charge >= 0.3 is 0 Å². The van der Waals surface area contributed by atoms with Crippen molar-refractivity contribution in [1.82, 2.24) is 0 Å². The second kappa shape index (κ2) is 14.5. The Labute approximate surface area is 231 Å². The second-order valence-electron chi connectivity index (χ2n) is 9.82. The molecule has 204 valence electrons. The lowest BCUT2D eigenvalue weighted by Crippen LogP contribution is -2.01. The fraction of sp³-hybridized carbons (Fsp3) is 0.314. The van der Waals surface area contributed by atoms with E-state index in [2.05, 4.69) is 31.2 Å². The van der Waals surface area contributed by atoms with E-state index in [-0.39, 0.29) is 11.3 Å². The van der Waals surface area contributed by atoms with E-state index in [4.69, 9.17) is 9.47 Å². The van der Waals surface area contributed by atoms with E-state index >= 15 is 0 Å². The minimum atomic E-state index is -0.926. The first-order valence-electron chi connectivity index (χ1n) is 14.2. The molecule has 2 nitrogen and oxygen atoms in total.